The zero-order chi connectivity index (χ0) is 18.1. The lowest BCUT2D eigenvalue weighted by molar-refractivity contribution is 0.171. The van der Waals surface area contributed by atoms with Crippen molar-refractivity contribution in [2.75, 3.05) is 13.2 Å². The summed E-state index contributed by atoms with van der Waals surface area (Å²) in [5.41, 5.74) is 4.68. The molecule has 0 spiro atoms. The monoisotopic (exact) mass is 431 g/mol. The zero-order valence-electron chi connectivity index (χ0n) is 14.5. The summed E-state index contributed by atoms with van der Waals surface area (Å²) in [6, 6.07) is 10.4. The molecule has 0 unspecified atom stereocenters. The molecule has 3 aromatic rings. The van der Waals surface area contributed by atoms with Crippen LogP contribution in [-0.2, 0) is 5.75 Å². The lowest BCUT2D eigenvalue weighted by Gasteiger charge is -2.19. The molecule has 0 bridgehead atoms. The van der Waals surface area contributed by atoms with E-state index in [1.165, 1.54) is 11.1 Å². The van der Waals surface area contributed by atoms with Crippen LogP contribution in [0.4, 0.5) is 0 Å². The predicted octanol–water partition coefficient (Wildman–Crippen LogP) is 4.71. The van der Waals surface area contributed by atoms with Crippen LogP contribution in [0.2, 0.25) is 0 Å². The average molecular weight is 432 g/mol. The molecule has 0 N–H and O–H groups in total. The van der Waals surface area contributed by atoms with Crippen LogP contribution in [0, 0.1) is 13.8 Å². The SMILES string of the molecule is Cc1ccc(-n2cnnc2SCc2cc3c(cc2Br)OCCO3)c(C)c1. The fourth-order valence-electron chi connectivity index (χ4n) is 2.92. The number of ether oxygens (including phenoxy) is 2. The average Bonchev–Trinajstić information content (AvgIpc) is 3.08. The van der Waals surface area contributed by atoms with Gasteiger partial charge in [-0.15, -0.1) is 10.2 Å². The number of aromatic nitrogens is 3. The molecule has 0 amide bonds. The van der Waals surface area contributed by atoms with Gasteiger partial charge in [0.2, 0.25) is 0 Å². The second kappa shape index (κ2) is 7.32. The van der Waals surface area contributed by atoms with Gasteiger partial charge in [-0.3, -0.25) is 4.57 Å². The highest BCUT2D eigenvalue weighted by Crippen LogP contribution is 2.37. The summed E-state index contributed by atoms with van der Waals surface area (Å²) in [5.74, 6) is 2.34. The number of aryl methyl sites for hydroxylation is 2. The van der Waals surface area contributed by atoms with Crippen molar-refractivity contribution in [2.45, 2.75) is 24.8 Å². The van der Waals surface area contributed by atoms with Crippen molar-refractivity contribution >= 4 is 27.7 Å². The summed E-state index contributed by atoms with van der Waals surface area (Å²) < 4.78 is 14.3. The first-order valence-corrected chi connectivity index (χ1v) is 10.1. The summed E-state index contributed by atoms with van der Waals surface area (Å²) in [6.07, 6.45) is 1.76. The number of benzene rings is 2. The van der Waals surface area contributed by atoms with Crippen LogP contribution in [0.1, 0.15) is 16.7 Å². The summed E-state index contributed by atoms with van der Waals surface area (Å²) in [5, 5.41) is 9.26. The maximum absolute atomic E-state index is 5.69. The summed E-state index contributed by atoms with van der Waals surface area (Å²) >= 11 is 5.27. The van der Waals surface area contributed by atoms with Crippen LogP contribution in [0.25, 0.3) is 5.69 Å². The molecule has 2 aromatic carbocycles. The zero-order valence-corrected chi connectivity index (χ0v) is 16.9. The van der Waals surface area contributed by atoms with Crippen molar-refractivity contribution in [3.63, 3.8) is 0 Å². The highest BCUT2D eigenvalue weighted by molar-refractivity contribution is 9.10. The second-order valence-corrected chi connectivity index (χ2v) is 7.95. The van der Waals surface area contributed by atoms with Gasteiger partial charge in [0.15, 0.2) is 16.7 Å². The van der Waals surface area contributed by atoms with Crippen molar-refractivity contribution in [3.8, 4) is 17.2 Å². The van der Waals surface area contributed by atoms with Gasteiger partial charge < -0.3 is 9.47 Å². The van der Waals surface area contributed by atoms with Gasteiger partial charge in [-0.25, -0.2) is 0 Å². The summed E-state index contributed by atoms with van der Waals surface area (Å²) in [7, 11) is 0. The molecular formula is C19H18BrN3O2S. The molecule has 2 heterocycles. The topological polar surface area (TPSA) is 49.2 Å². The predicted molar refractivity (Wildman–Crippen MR) is 106 cm³/mol. The molecule has 5 nitrogen and oxygen atoms in total. The molecule has 0 saturated heterocycles. The van der Waals surface area contributed by atoms with Crippen LogP contribution >= 0.6 is 27.7 Å². The lowest BCUT2D eigenvalue weighted by Crippen LogP contribution is -2.15. The molecular weight excluding hydrogens is 414 g/mol. The van der Waals surface area contributed by atoms with E-state index in [0.29, 0.717) is 13.2 Å². The van der Waals surface area contributed by atoms with Gasteiger partial charge in [-0.05, 0) is 43.2 Å². The fourth-order valence-corrected chi connectivity index (χ4v) is 4.48. The number of halogens is 1. The van der Waals surface area contributed by atoms with E-state index in [1.807, 2.05) is 16.7 Å². The maximum atomic E-state index is 5.69. The Hall–Kier alpha value is -1.99. The molecule has 0 fully saturated rings. The highest BCUT2D eigenvalue weighted by atomic mass is 79.9. The van der Waals surface area contributed by atoms with E-state index < -0.39 is 0 Å². The molecule has 7 heteroatoms. The maximum Gasteiger partial charge on any atom is 0.195 e. The molecule has 0 radical (unpaired) electrons. The third-order valence-electron chi connectivity index (χ3n) is 4.20. The van der Waals surface area contributed by atoms with E-state index in [0.717, 1.165) is 38.1 Å². The van der Waals surface area contributed by atoms with Gasteiger partial charge in [0.1, 0.15) is 19.5 Å². The first-order chi connectivity index (χ1) is 12.6. The van der Waals surface area contributed by atoms with Gasteiger partial charge >= 0.3 is 0 Å². The van der Waals surface area contributed by atoms with E-state index in [9.17, 15) is 0 Å². The van der Waals surface area contributed by atoms with Crippen molar-refractivity contribution in [1.82, 2.24) is 14.8 Å². The Kier molecular flexibility index (Phi) is 4.91. The summed E-state index contributed by atoms with van der Waals surface area (Å²) in [4.78, 5) is 0. The number of thioether (sulfide) groups is 1. The second-order valence-electron chi connectivity index (χ2n) is 6.15. The smallest absolute Gasteiger partial charge is 0.195 e. The molecule has 0 saturated carbocycles. The van der Waals surface area contributed by atoms with Crippen molar-refractivity contribution in [1.29, 1.82) is 0 Å². The van der Waals surface area contributed by atoms with Crippen molar-refractivity contribution in [2.24, 2.45) is 0 Å². The first-order valence-electron chi connectivity index (χ1n) is 8.30. The number of fused-ring (bicyclic) bond motifs is 1. The number of hydrogen-bond acceptors (Lipinski definition) is 5. The Labute approximate surface area is 164 Å². The minimum absolute atomic E-state index is 0.586. The molecule has 0 atom stereocenters. The molecule has 1 aliphatic rings. The number of hydrogen-bond donors (Lipinski definition) is 0. The lowest BCUT2D eigenvalue weighted by atomic mass is 10.1. The minimum Gasteiger partial charge on any atom is -0.486 e. The normalized spacial score (nSPS) is 13.0. The van der Waals surface area contributed by atoms with Gasteiger partial charge in [0, 0.05) is 10.2 Å². The third kappa shape index (κ3) is 3.46. The molecule has 0 aliphatic carbocycles. The number of nitrogens with zero attached hydrogens (tertiary/aromatic N) is 3. The van der Waals surface area contributed by atoms with Gasteiger partial charge in [0.25, 0.3) is 0 Å². The molecule has 4 rings (SSSR count). The Balaban J connectivity index is 1.57. The standard InChI is InChI=1S/C19H18BrN3O2S/c1-12-3-4-16(13(2)7-12)23-11-21-22-19(23)26-10-14-8-17-18(9-15(14)20)25-6-5-24-17/h3-4,7-9,11H,5-6,10H2,1-2H3. The Morgan fingerprint density at radius 2 is 1.88 bits per heavy atom. The Bertz CT molecular complexity index is 958. The minimum atomic E-state index is 0.586. The van der Waals surface area contributed by atoms with Gasteiger partial charge in [-0.2, -0.15) is 0 Å². The van der Waals surface area contributed by atoms with Crippen LogP contribution in [0.3, 0.4) is 0 Å². The Morgan fingerprint density at radius 3 is 2.65 bits per heavy atom. The highest BCUT2D eigenvalue weighted by Gasteiger charge is 2.16. The van der Waals surface area contributed by atoms with Crippen molar-refractivity contribution < 1.29 is 9.47 Å². The molecule has 1 aliphatic heterocycles. The van der Waals surface area contributed by atoms with E-state index in [4.69, 9.17) is 9.47 Å². The molecule has 134 valence electrons. The van der Waals surface area contributed by atoms with E-state index in [1.54, 1.807) is 18.1 Å². The quantitative estimate of drug-likeness (QED) is 0.559. The Morgan fingerprint density at radius 1 is 1.12 bits per heavy atom. The van der Waals surface area contributed by atoms with E-state index >= 15 is 0 Å². The van der Waals surface area contributed by atoms with E-state index in [-0.39, 0.29) is 0 Å². The fraction of sp³-hybridized carbons (Fsp3) is 0.263. The number of rotatable bonds is 4. The summed E-state index contributed by atoms with van der Waals surface area (Å²) in [6.45, 7) is 5.38. The molecule has 1 aromatic heterocycles. The van der Waals surface area contributed by atoms with Crippen LogP contribution in [-0.4, -0.2) is 28.0 Å². The van der Waals surface area contributed by atoms with Gasteiger partial charge in [0.05, 0.1) is 5.69 Å². The first kappa shape index (κ1) is 17.4. The van der Waals surface area contributed by atoms with Crippen molar-refractivity contribution in [3.05, 3.63) is 57.8 Å². The van der Waals surface area contributed by atoms with Crippen LogP contribution < -0.4 is 9.47 Å². The van der Waals surface area contributed by atoms with Crippen LogP contribution in [0.5, 0.6) is 11.5 Å². The molecule has 26 heavy (non-hydrogen) atoms. The van der Waals surface area contributed by atoms with Gasteiger partial charge in [-0.1, -0.05) is 45.4 Å². The third-order valence-corrected chi connectivity index (χ3v) is 5.93. The van der Waals surface area contributed by atoms with E-state index in [2.05, 4.69) is 58.2 Å². The van der Waals surface area contributed by atoms with Crippen LogP contribution in [0.15, 0.2) is 46.3 Å². The largest absolute Gasteiger partial charge is 0.486 e.